The Kier molecular flexibility index (Phi) is 4.23. The van der Waals surface area contributed by atoms with E-state index in [1.165, 1.54) is 19.2 Å². The van der Waals surface area contributed by atoms with Gasteiger partial charge >= 0.3 is 0 Å². The van der Waals surface area contributed by atoms with Gasteiger partial charge in [-0.2, -0.15) is 0 Å². The number of nitrogens with zero attached hydrogens (tertiary/aromatic N) is 3. The van der Waals surface area contributed by atoms with Gasteiger partial charge in [-0.05, 0) is 18.2 Å². The van der Waals surface area contributed by atoms with Crippen molar-refractivity contribution in [2.75, 3.05) is 25.9 Å². The average molecular weight is 335 g/mol. The standard InChI is InChI=1S/C12H16F3N5OS/c1-18-11(17)20-7-12(14,15)6-19-22(20,21)5-8-4-9(16)2-3-10(8)13/h2-4H,5-7,16H2,1H3,(H2,17,18). The third-order valence-corrected chi connectivity index (χ3v) is 5.34. The Morgan fingerprint density at radius 2 is 2.23 bits per heavy atom. The molecule has 2 rings (SSSR count). The van der Waals surface area contributed by atoms with Crippen LogP contribution in [-0.2, 0) is 15.7 Å². The molecule has 1 aliphatic heterocycles. The summed E-state index contributed by atoms with van der Waals surface area (Å²) in [6.45, 7) is -1.80. The van der Waals surface area contributed by atoms with Crippen molar-refractivity contribution in [2.24, 2.45) is 15.1 Å². The summed E-state index contributed by atoms with van der Waals surface area (Å²) in [6, 6.07) is 3.76. The lowest BCUT2D eigenvalue weighted by Gasteiger charge is -2.34. The number of anilines is 1. The highest BCUT2D eigenvalue weighted by Crippen LogP contribution is 2.28. The summed E-state index contributed by atoms with van der Waals surface area (Å²) in [5.74, 6) is -4.56. The fraction of sp³-hybridized carbons (Fsp3) is 0.417. The van der Waals surface area contributed by atoms with E-state index >= 15 is 0 Å². The third kappa shape index (κ3) is 3.26. The summed E-state index contributed by atoms with van der Waals surface area (Å²) in [5.41, 5.74) is 11.4. The van der Waals surface area contributed by atoms with Crippen molar-refractivity contribution in [3.05, 3.63) is 29.6 Å². The monoisotopic (exact) mass is 335 g/mol. The largest absolute Gasteiger partial charge is 0.399 e. The normalized spacial score (nSPS) is 24.9. The van der Waals surface area contributed by atoms with Gasteiger partial charge in [-0.3, -0.25) is 4.99 Å². The molecule has 1 aromatic carbocycles. The third-order valence-electron chi connectivity index (χ3n) is 3.11. The van der Waals surface area contributed by atoms with Crippen LogP contribution >= 0.6 is 0 Å². The smallest absolute Gasteiger partial charge is 0.286 e. The number of nitrogen functional groups attached to an aromatic ring is 1. The van der Waals surface area contributed by atoms with E-state index in [1.54, 1.807) is 0 Å². The number of hydrogen-bond donors (Lipinski definition) is 2. The van der Waals surface area contributed by atoms with Crippen LogP contribution in [0.25, 0.3) is 0 Å². The second kappa shape index (κ2) is 5.67. The Morgan fingerprint density at radius 1 is 1.55 bits per heavy atom. The maximum absolute atomic E-state index is 13.8. The van der Waals surface area contributed by atoms with Crippen LogP contribution in [-0.4, -0.2) is 40.5 Å². The minimum atomic E-state index is -3.38. The summed E-state index contributed by atoms with van der Waals surface area (Å²) >= 11 is 0. The lowest BCUT2D eigenvalue weighted by molar-refractivity contribution is 0.000183. The maximum atomic E-state index is 13.8. The molecule has 0 amide bonds. The highest BCUT2D eigenvalue weighted by atomic mass is 32.2. The SMILES string of the molecule is C/N=C(/N)N1CC(F)(F)CN=S1(=O)Cc1cc(N)ccc1F. The van der Waals surface area contributed by atoms with E-state index in [2.05, 4.69) is 9.36 Å². The first-order valence-corrected chi connectivity index (χ1v) is 7.93. The minimum absolute atomic E-state index is 0.0212. The van der Waals surface area contributed by atoms with Crippen LogP contribution in [0.3, 0.4) is 0 Å². The summed E-state index contributed by atoms with van der Waals surface area (Å²) in [6.07, 6.45) is 0. The Balaban J connectivity index is 2.47. The molecule has 1 atom stereocenters. The van der Waals surface area contributed by atoms with Crippen molar-refractivity contribution in [2.45, 2.75) is 11.7 Å². The van der Waals surface area contributed by atoms with Crippen molar-refractivity contribution in [1.29, 1.82) is 0 Å². The van der Waals surface area contributed by atoms with Crippen molar-refractivity contribution < 1.29 is 17.4 Å². The first-order valence-electron chi connectivity index (χ1n) is 6.29. The molecular formula is C12H16F3N5OS. The average Bonchev–Trinajstić information content (AvgIpc) is 2.45. The molecule has 10 heteroatoms. The number of benzene rings is 1. The van der Waals surface area contributed by atoms with Crippen molar-refractivity contribution >= 4 is 21.6 Å². The van der Waals surface area contributed by atoms with Gasteiger partial charge in [0.15, 0.2) is 0 Å². The summed E-state index contributed by atoms with van der Waals surface area (Å²) < 4.78 is 58.0. The van der Waals surface area contributed by atoms with Crippen LogP contribution in [0.4, 0.5) is 18.9 Å². The summed E-state index contributed by atoms with van der Waals surface area (Å²) in [5, 5.41) is 0. The summed E-state index contributed by atoms with van der Waals surface area (Å²) in [7, 11) is -2.10. The molecular weight excluding hydrogens is 319 g/mol. The molecule has 0 saturated heterocycles. The van der Waals surface area contributed by atoms with Gasteiger partial charge in [-0.25, -0.2) is 26.0 Å². The molecule has 0 saturated carbocycles. The molecule has 1 heterocycles. The Bertz CT molecular complexity index is 727. The van der Waals surface area contributed by atoms with Gasteiger partial charge in [0.05, 0.1) is 5.75 Å². The zero-order chi connectivity index (χ0) is 16.5. The zero-order valence-electron chi connectivity index (χ0n) is 11.8. The second-order valence-corrected chi connectivity index (χ2v) is 7.06. The van der Waals surface area contributed by atoms with E-state index in [-0.39, 0.29) is 17.2 Å². The lowest BCUT2D eigenvalue weighted by atomic mass is 10.2. The topological polar surface area (TPSA) is 97.1 Å². The lowest BCUT2D eigenvalue weighted by Crippen LogP contribution is -2.52. The van der Waals surface area contributed by atoms with Crippen LogP contribution in [0.15, 0.2) is 27.6 Å². The highest BCUT2D eigenvalue weighted by Gasteiger charge is 2.41. The first-order chi connectivity index (χ1) is 10.2. The molecule has 1 aliphatic rings. The molecule has 0 bridgehead atoms. The van der Waals surface area contributed by atoms with Crippen LogP contribution in [0, 0.1) is 5.82 Å². The second-order valence-electron chi connectivity index (χ2n) is 4.86. The number of rotatable bonds is 2. The number of guanidine groups is 1. The molecule has 1 aromatic rings. The molecule has 0 spiro atoms. The van der Waals surface area contributed by atoms with Gasteiger partial charge in [-0.15, -0.1) is 0 Å². The molecule has 0 aliphatic carbocycles. The van der Waals surface area contributed by atoms with Crippen molar-refractivity contribution in [1.82, 2.24) is 4.31 Å². The van der Waals surface area contributed by atoms with Crippen LogP contribution in [0.2, 0.25) is 0 Å². The number of hydrogen-bond acceptors (Lipinski definition) is 4. The Hall–Kier alpha value is -1.97. The molecule has 6 nitrogen and oxygen atoms in total. The van der Waals surface area contributed by atoms with Gasteiger partial charge in [0, 0.05) is 18.3 Å². The van der Waals surface area contributed by atoms with Gasteiger partial charge in [0.1, 0.15) is 28.8 Å². The quantitative estimate of drug-likeness (QED) is 0.482. The molecule has 1 unspecified atom stereocenters. The molecule has 4 N–H and O–H groups in total. The molecule has 122 valence electrons. The van der Waals surface area contributed by atoms with Gasteiger partial charge in [0.2, 0.25) is 5.96 Å². The van der Waals surface area contributed by atoms with E-state index in [0.717, 1.165) is 10.4 Å². The predicted molar refractivity (Wildman–Crippen MR) is 79.2 cm³/mol. The van der Waals surface area contributed by atoms with E-state index < -0.39 is 40.5 Å². The first kappa shape index (κ1) is 16.4. The zero-order valence-corrected chi connectivity index (χ0v) is 12.6. The Morgan fingerprint density at radius 3 is 2.86 bits per heavy atom. The van der Waals surface area contributed by atoms with Crippen LogP contribution < -0.4 is 11.5 Å². The van der Waals surface area contributed by atoms with Gasteiger partial charge in [-0.1, -0.05) is 0 Å². The van der Waals surface area contributed by atoms with E-state index in [4.69, 9.17) is 11.5 Å². The van der Waals surface area contributed by atoms with Gasteiger partial charge < -0.3 is 11.5 Å². The van der Waals surface area contributed by atoms with Crippen LogP contribution in [0.5, 0.6) is 0 Å². The number of aliphatic imine (C=N–C) groups is 1. The number of halogens is 3. The minimum Gasteiger partial charge on any atom is -0.399 e. The van der Waals surface area contributed by atoms with E-state index in [9.17, 15) is 17.4 Å². The number of alkyl halides is 2. The predicted octanol–water partition coefficient (Wildman–Crippen LogP) is 1.19. The van der Waals surface area contributed by atoms with Crippen LogP contribution in [0.1, 0.15) is 5.56 Å². The maximum Gasteiger partial charge on any atom is 0.286 e. The molecule has 22 heavy (non-hydrogen) atoms. The van der Waals surface area contributed by atoms with E-state index in [0.29, 0.717) is 0 Å². The highest BCUT2D eigenvalue weighted by molar-refractivity contribution is 7.91. The number of nitrogens with two attached hydrogens (primary N) is 2. The van der Waals surface area contributed by atoms with Crippen molar-refractivity contribution in [3.8, 4) is 0 Å². The van der Waals surface area contributed by atoms with Crippen molar-refractivity contribution in [3.63, 3.8) is 0 Å². The summed E-state index contributed by atoms with van der Waals surface area (Å²) in [4.78, 5) is 3.58. The molecule has 0 aromatic heterocycles. The fourth-order valence-electron chi connectivity index (χ4n) is 2.00. The van der Waals surface area contributed by atoms with E-state index in [1.807, 2.05) is 0 Å². The Labute approximate surface area is 126 Å². The molecule has 0 radical (unpaired) electrons. The molecule has 0 fully saturated rings. The van der Waals surface area contributed by atoms with Gasteiger partial charge in [0.25, 0.3) is 5.92 Å². The fourth-order valence-corrected chi connectivity index (χ4v) is 4.16.